The van der Waals surface area contributed by atoms with Gasteiger partial charge in [-0.2, -0.15) is 0 Å². The van der Waals surface area contributed by atoms with Gasteiger partial charge in [0, 0.05) is 18.8 Å². The minimum Gasteiger partial charge on any atom is -0.399 e. The third-order valence-corrected chi connectivity index (χ3v) is 3.43. The van der Waals surface area contributed by atoms with Gasteiger partial charge in [-0.05, 0) is 31.0 Å². The molecule has 0 aromatic heterocycles. The van der Waals surface area contributed by atoms with Crippen molar-refractivity contribution < 1.29 is 4.79 Å². The average molecular weight is 255 g/mol. The van der Waals surface area contributed by atoms with Crippen LogP contribution in [0.1, 0.15) is 31.1 Å². The van der Waals surface area contributed by atoms with Crippen LogP contribution < -0.4 is 5.73 Å². The zero-order valence-electron chi connectivity index (χ0n) is 10.7. The highest BCUT2D eigenvalue weighted by Crippen LogP contribution is 2.22. The van der Waals surface area contributed by atoms with Crippen LogP contribution in [0.2, 0.25) is 5.02 Å². The smallest absolute Gasteiger partial charge is 0.255 e. The summed E-state index contributed by atoms with van der Waals surface area (Å²) < 4.78 is 0. The summed E-state index contributed by atoms with van der Waals surface area (Å²) in [7, 11) is 1.79. The molecule has 2 N–H and O–H groups in total. The number of carbonyl (C=O) groups excluding carboxylic acids is 1. The second kappa shape index (κ2) is 5.41. The molecule has 0 radical (unpaired) electrons. The van der Waals surface area contributed by atoms with Gasteiger partial charge in [-0.3, -0.25) is 4.79 Å². The minimum atomic E-state index is -0.0730. The fourth-order valence-corrected chi connectivity index (χ4v) is 1.80. The highest BCUT2D eigenvalue weighted by atomic mass is 35.5. The molecule has 0 aliphatic rings. The van der Waals surface area contributed by atoms with E-state index in [0.717, 1.165) is 0 Å². The fourth-order valence-electron chi connectivity index (χ4n) is 1.53. The molecular weight excluding hydrogens is 236 g/mol. The van der Waals surface area contributed by atoms with Crippen LogP contribution in [0.25, 0.3) is 0 Å². The Morgan fingerprint density at radius 3 is 2.41 bits per heavy atom. The van der Waals surface area contributed by atoms with E-state index in [1.165, 1.54) is 0 Å². The summed E-state index contributed by atoms with van der Waals surface area (Å²) in [6.07, 6.45) is 0. The topological polar surface area (TPSA) is 46.3 Å². The van der Waals surface area contributed by atoms with Gasteiger partial charge in [-0.15, -0.1) is 0 Å². The number of nitrogens with zero attached hydrogens (tertiary/aromatic N) is 1. The van der Waals surface area contributed by atoms with Crippen LogP contribution in [0, 0.1) is 5.92 Å². The van der Waals surface area contributed by atoms with Gasteiger partial charge in [0.1, 0.15) is 0 Å². The summed E-state index contributed by atoms with van der Waals surface area (Å²) in [6.45, 7) is 6.19. The molecule has 1 aromatic carbocycles. The molecule has 0 heterocycles. The molecule has 94 valence electrons. The number of hydrogen-bond donors (Lipinski definition) is 1. The molecule has 1 amide bonds. The van der Waals surface area contributed by atoms with Gasteiger partial charge < -0.3 is 10.6 Å². The van der Waals surface area contributed by atoms with Gasteiger partial charge in [-0.1, -0.05) is 25.4 Å². The first-order chi connectivity index (χ1) is 7.84. The standard InChI is InChI=1S/C13H19ClN2O/c1-8(2)9(3)16(4)13(17)11-6-5-10(15)7-12(11)14/h5-9H,15H2,1-4H3. The van der Waals surface area contributed by atoms with Crippen molar-refractivity contribution in [2.75, 3.05) is 12.8 Å². The van der Waals surface area contributed by atoms with Crippen molar-refractivity contribution in [3.05, 3.63) is 28.8 Å². The number of halogens is 1. The molecule has 1 atom stereocenters. The lowest BCUT2D eigenvalue weighted by molar-refractivity contribution is 0.0707. The molecule has 1 aromatic rings. The molecule has 17 heavy (non-hydrogen) atoms. The monoisotopic (exact) mass is 254 g/mol. The maximum absolute atomic E-state index is 12.2. The van der Waals surface area contributed by atoms with E-state index in [0.29, 0.717) is 22.2 Å². The number of rotatable bonds is 3. The van der Waals surface area contributed by atoms with Gasteiger partial charge >= 0.3 is 0 Å². The lowest BCUT2D eigenvalue weighted by Crippen LogP contribution is -2.38. The van der Waals surface area contributed by atoms with Gasteiger partial charge in [0.2, 0.25) is 0 Å². The summed E-state index contributed by atoms with van der Waals surface area (Å²) in [5, 5.41) is 0.401. The van der Waals surface area contributed by atoms with Crippen molar-refractivity contribution in [2.24, 2.45) is 5.92 Å². The molecule has 0 fully saturated rings. The van der Waals surface area contributed by atoms with Crippen molar-refractivity contribution in [3.63, 3.8) is 0 Å². The second-order valence-corrected chi connectivity index (χ2v) is 5.05. The van der Waals surface area contributed by atoms with Gasteiger partial charge in [0.05, 0.1) is 10.6 Å². The van der Waals surface area contributed by atoms with E-state index >= 15 is 0 Å². The maximum atomic E-state index is 12.2. The van der Waals surface area contributed by atoms with Gasteiger partial charge in [0.25, 0.3) is 5.91 Å². The first-order valence-corrected chi connectivity index (χ1v) is 6.04. The van der Waals surface area contributed by atoms with E-state index in [2.05, 4.69) is 13.8 Å². The van der Waals surface area contributed by atoms with Crippen molar-refractivity contribution in [3.8, 4) is 0 Å². The zero-order chi connectivity index (χ0) is 13.2. The van der Waals surface area contributed by atoms with Crippen molar-refractivity contribution >= 4 is 23.2 Å². The van der Waals surface area contributed by atoms with E-state index in [1.54, 1.807) is 30.1 Å². The normalized spacial score (nSPS) is 12.6. The molecule has 0 aliphatic heterocycles. The number of nitrogen functional groups attached to an aromatic ring is 1. The zero-order valence-corrected chi connectivity index (χ0v) is 11.5. The molecule has 1 unspecified atom stereocenters. The van der Waals surface area contributed by atoms with Crippen molar-refractivity contribution in [2.45, 2.75) is 26.8 Å². The second-order valence-electron chi connectivity index (χ2n) is 4.64. The number of amides is 1. The molecule has 0 spiro atoms. The first-order valence-electron chi connectivity index (χ1n) is 5.66. The van der Waals surface area contributed by atoms with Crippen LogP contribution in [-0.2, 0) is 0 Å². The summed E-state index contributed by atoms with van der Waals surface area (Å²) >= 11 is 6.03. The predicted octanol–water partition coefficient (Wildman–Crippen LogP) is 3.04. The van der Waals surface area contributed by atoms with Crippen LogP contribution in [-0.4, -0.2) is 23.9 Å². The first kappa shape index (κ1) is 13.8. The Hall–Kier alpha value is -1.22. The number of anilines is 1. The number of benzene rings is 1. The predicted molar refractivity (Wildman–Crippen MR) is 72.3 cm³/mol. The highest BCUT2D eigenvalue weighted by molar-refractivity contribution is 6.34. The summed E-state index contributed by atoms with van der Waals surface area (Å²) in [4.78, 5) is 13.9. The third kappa shape index (κ3) is 3.13. The van der Waals surface area contributed by atoms with Crippen LogP contribution in [0.4, 0.5) is 5.69 Å². The summed E-state index contributed by atoms with van der Waals surface area (Å²) in [5.41, 5.74) is 6.66. The van der Waals surface area contributed by atoms with Crippen LogP contribution in [0.15, 0.2) is 18.2 Å². The molecule has 0 aliphatic carbocycles. The maximum Gasteiger partial charge on any atom is 0.255 e. The largest absolute Gasteiger partial charge is 0.399 e. The lowest BCUT2D eigenvalue weighted by Gasteiger charge is -2.28. The number of carbonyl (C=O) groups is 1. The lowest BCUT2D eigenvalue weighted by atomic mass is 10.0. The molecule has 3 nitrogen and oxygen atoms in total. The fraction of sp³-hybridized carbons (Fsp3) is 0.462. The van der Waals surface area contributed by atoms with Crippen molar-refractivity contribution in [1.29, 1.82) is 0 Å². The molecular formula is C13H19ClN2O. The van der Waals surface area contributed by atoms with Gasteiger partial charge in [0.15, 0.2) is 0 Å². The van der Waals surface area contributed by atoms with E-state index in [-0.39, 0.29) is 11.9 Å². The summed E-state index contributed by atoms with van der Waals surface area (Å²) in [5.74, 6) is 0.327. The molecule has 0 saturated carbocycles. The molecule has 0 bridgehead atoms. The SMILES string of the molecule is CC(C)C(C)N(C)C(=O)c1ccc(N)cc1Cl. The van der Waals surface area contributed by atoms with E-state index in [1.807, 2.05) is 6.92 Å². The van der Waals surface area contributed by atoms with Crippen LogP contribution >= 0.6 is 11.6 Å². The summed E-state index contributed by atoms with van der Waals surface area (Å²) in [6, 6.07) is 5.12. The molecule has 4 heteroatoms. The van der Waals surface area contributed by atoms with E-state index in [9.17, 15) is 4.79 Å². The Morgan fingerprint density at radius 2 is 1.94 bits per heavy atom. The Labute approximate surface area is 108 Å². The Balaban J connectivity index is 2.96. The minimum absolute atomic E-state index is 0.0730. The Kier molecular flexibility index (Phi) is 4.40. The van der Waals surface area contributed by atoms with E-state index < -0.39 is 0 Å². The number of hydrogen-bond acceptors (Lipinski definition) is 2. The number of nitrogens with two attached hydrogens (primary N) is 1. The Bertz CT molecular complexity index is 418. The van der Waals surface area contributed by atoms with Crippen LogP contribution in [0.5, 0.6) is 0 Å². The van der Waals surface area contributed by atoms with Crippen molar-refractivity contribution in [1.82, 2.24) is 4.90 Å². The molecule has 0 saturated heterocycles. The van der Waals surface area contributed by atoms with Gasteiger partial charge in [-0.25, -0.2) is 0 Å². The Morgan fingerprint density at radius 1 is 1.35 bits per heavy atom. The highest BCUT2D eigenvalue weighted by Gasteiger charge is 2.21. The van der Waals surface area contributed by atoms with Crippen LogP contribution in [0.3, 0.4) is 0 Å². The molecule has 1 rings (SSSR count). The van der Waals surface area contributed by atoms with E-state index in [4.69, 9.17) is 17.3 Å². The average Bonchev–Trinajstić information content (AvgIpc) is 2.26. The quantitative estimate of drug-likeness (QED) is 0.843. The third-order valence-electron chi connectivity index (χ3n) is 3.12.